The van der Waals surface area contributed by atoms with Crippen LogP contribution in [0.2, 0.25) is 0 Å². The zero-order chi connectivity index (χ0) is 25.4. The highest BCUT2D eigenvalue weighted by molar-refractivity contribution is 6.08. The number of hydrogen-bond donors (Lipinski definition) is 1. The number of benzene rings is 1. The first-order valence-electron chi connectivity index (χ1n) is 11.1. The first kappa shape index (κ1) is 23.3. The summed E-state index contributed by atoms with van der Waals surface area (Å²) in [4.78, 5) is 17.3. The molecule has 12 heteroatoms. The highest BCUT2D eigenvalue weighted by atomic mass is 19.4. The molecular formula is C24H21F3N8O. The van der Waals surface area contributed by atoms with Gasteiger partial charge in [-0.2, -0.15) is 28.5 Å². The molecule has 1 N–H and O–H groups in total. The molecule has 1 aromatic carbocycles. The molecule has 184 valence electrons. The van der Waals surface area contributed by atoms with Gasteiger partial charge in [0, 0.05) is 30.7 Å². The van der Waals surface area contributed by atoms with Gasteiger partial charge in [0.1, 0.15) is 5.56 Å². The number of rotatable bonds is 6. The molecule has 0 unspecified atom stereocenters. The lowest BCUT2D eigenvalue weighted by Crippen LogP contribution is -2.12. The minimum Gasteiger partial charge on any atom is -0.319 e. The number of aromatic nitrogens is 7. The molecule has 0 aliphatic rings. The van der Waals surface area contributed by atoms with Gasteiger partial charge in [-0.05, 0) is 37.6 Å². The molecule has 0 spiro atoms. The van der Waals surface area contributed by atoms with Gasteiger partial charge in [-0.15, -0.1) is 0 Å². The van der Waals surface area contributed by atoms with Crippen LogP contribution in [0.25, 0.3) is 16.9 Å². The van der Waals surface area contributed by atoms with Crippen LogP contribution in [0, 0.1) is 6.92 Å². The minimum absolute atomic E-state index is 0.117. The molecule has 9 nitrogen and oxygen atoms in total. The number of carbonyl (C=O) groups is 1. The largest absolute Gasteiger partial charge is 0.416 e. The van der Waals surface area contributed by atoms with Gasteiger partial charge in [0.25, 0.3) is 5.91 Å². The Balaban J connectivity index is 1.35. The van der Waals surface area contributed by atoms with Crippen molar-refractivity contribution in [3.8, 4) is 11.3 Å². The second-order valence-electron chi connectivity index (χ2n) is 8.19. The third-order valence-corrected chi connectivity index (χ3v) is 5.68. The summed E-state index contributed by atoms with van der Waals surface area (Å²) in [7, 11) is 0. The molecule has 0 saturated carbocycles. The van der Waals surface area contributed by atoms with Gasteiger partial charge in [-0.25, -0.2) is 9.50 Å². The molecule has 5 rings (SSSR count). The molecule has 1 amide bonds. The molecule has 4 aromatic heterocycles. The Kier molecular flexibility index (Phi) is 5.78. The fraction of sp³-hybridized carbons (Fsp3) is 0.208. The van der Waals surface area contributed by atoms with Crippen LogP contribution in [-0.4, -0.2) is 40.1 Å². The summed E-state index contributed by atoms with van der Waals surface area (Å²) in [5.41, 5.74) is 3.22. The lowest BCUT2D eigenvalue weighted by atomic mass is 10.1. The van der Waals surface area contributed by atoms with Crippen LogP contribution in [-0.2, 0) is 19.3 Å². The van der Waals surface area contributed by atoms with Crippen LogP contribution < -0.4 is 5.32 Å². The highest BCUT2D eigenvalue weighted by Gasteiger charge is 2.30. The summed E-state index contributed by atoms with van der Waals surface area (Å²) in [5.74, 6) is -0.436. The van der Waals surface area contributed by atoms with Gasteiger partial charge in [0.2, 0.25) is 0 Å². The smallest absolute Gasteiger partial charge is 0.319 e. The van der Waals surface area contributed by atoms with E-state index >= 15 is 0 Å². The summed E-state index contributed by atoms with van der Waals surface area (Å²) < 4.78 is 43.8. The van der Waals surface area contributed by atoms with E-state index in [-0.39, 0.29) is 12.1 Å². The predicted molar refractivity (Wildman–Crippen MR) is 125 cm³/mol. The Morgan fingerprint density at radius 1 is 1.08 bits per heavy atom. The Bertz CT molecular complexity index is 1560. The zero-order valence-corrected chi connectivity index (χ0v) is 19.4. The number of carbonyl (C=O) groups excluding carboxylic acids is 1. The highest BCUT2D eigenvalue weighted by Crippen LogP contribution is 2.30. The Morgan fingerprint density at radius 3 is 2.67 bits per heavy atom. The van der Waals surface area contributed by atoms with E-state index < -0.39 is 17.6 Å². The molecule has 0 saturated heterocycles. The Labute approximate surface area is 203 Å². The molecule has 0 bridgehead atoms. The standard InChI is InChI=1S/C24H21F3N8O/c1-3-33-14-20(15(2)32-33)21-7-8-28-22-19(11-30-35(21)22)23(36)31-18-10-29-34(13-18)12-16-5-4-6-17(9-16)24(25,26)27/h4-11,13-14H,3,12H2,1-2H3,(H,31,36). The van der Waals surface area contributed by atoms with Crippen LogP contribution in [0.3, 0.4) is 0 Å². The van der Waals surface area contributed by atoms with Gasteiger partial charge in [0.05, 0.1) is 41.6 Å². The van der Waals surface area contributed by atoms with Crippen molar-refractivity contribution in [3.63, 3.8) is 0 Å². The van der Waals surface area contributed by atoms with Crippen LogP contribution in [0.5, 0.6) is 0 Å². The number of amides is 1. The normalized spacial score (nSPS) is 11.8. The third kappa shape index (κ3) is 4.44. The molecule has 0 fully saturated rings. The molecule has 36 heavy (non-hydrogen) atoms. The first-order valence-corrected chi connectivity index (χ1v) is 11.1. The summed E-state index contributed by atoms with van der Waals surface area (Å²) in [6.45, 7) is 4.74. The van der Waals surface area contributed by atoms with Crippen molar-refractivity contribution in [3.05, 3.63) is 83.7 Å². The number of aryl methyl sites for hydroxylation is 2. The van der Waals surface area contributed by atoms with Gasteiger partial charge < -0.3 is 5.32 Å². The van der Waals surface area contributed by atoms with E-state index in [0.29, 0.717) is 16.9 Å². The molecular weight excluding hydrogens is 473 g/mol. The van der Waals surface area contributed by atoms with Crippen molar-refractivity contribution in [2.45, 2.75) is 33.1 Å². The van der Waals surface area contributed by atoms with Gasteiger partial charge in [0.15, 0.2) is 5.65 Å². The quantitative estimate of drug-likeness (QED) is 0.377. The molecule has 0 atom stereocenters. The summed E-state index contributed by atoms with van der Waals surface area (Å²) in [6, 6.07) is 6.84. The van der Waals surface area contributed by atoms with E-state index in [1.807, 2.05) is 30.8 Å². The Hall–Kier alpha value is -4.48. The number of halogens is 3. The SMILES string of the molecule is CCn1cc(-c2ccnc3c(C(=O)Nc4cnn(Cc5cccc(C(F)(F)F)c5)c4)cnn23)c(C)n1. The minimum atomic E-state index is -4.42. The molecule has 0 radical (unpaired) electrons. The van der Waals surface area contributed by atoms with Crippen molar-refractivity contribution >= 4 is 17.2 Å². The molecule has 0 aliphatic carbocycles. The van der Waals surface area contributed by atoms with Gasteiger partial charge in [-0.1, -0.05) is 12.1 Å². The number of nitrogens with zero attached hydrogens (tertiary/aromatic N) is 7. The topological polar surface area (TPSA) is 94.9 Å². The number of hydrogen-bond acceptors (Lipinski definition) is 5. The molecule has 4 heterocycles. The first-order chi connectivity index (χ1) is 17.2. The van der Waals surface area contributed by atoms with E-state index in [1.165, 1.54) is 23.1 Å². The van der Waals surface area contributed by atoms with Crippen molar-refractivity contribution in [1.29, 1.82) is 0 Å². The van der Waals surface area contributed by atoms with Crippen molar-refractivity contribution in [1.82, 2.24) is 34.2 Å². The summed E-state index contributed by atoms with van der Waals surface area (Å²) >= 11 is 0. The zero-order valence-electron chi connectivity index (χ0n) is 19.4. The van der Waals surface area contributed by atoms with Gasteiger partial charge >= 0.3 is 6.18 Å². The second kappa shape index (κ2) is 8.95. The lowest BCUT2D eigenvalue weighted by molar-refractivity contribution is -0.137. The van der Waals surface area contributed by atoms with E-state index in [9.17, 15) is 18.0 Å². The maximum absolute atomic E-state index is 13.0. The van der Waals surface area contributed by atoms with E-state index in [0.717, 1.165) is 35.6 Å². The third-order valence-electron chi connectivity index (χ3n) is 5.68. The van der Waals surface area contributed by atoms with Crippen molar-refractivity contribution in [2.24, 2.45) is 0 Å². The molecule has 5 aromatic rings. The summed E-state index contributed by atoms with van der Waals surface area (Å²) in [5, 5.41) is 15.7. The fourth-order valence-corrected chi connectivity index (χ4v) is 3.93. The molecule has 0 aliphatic heterocycles. The van der Waals surface area contributed by atoms with Crippen LogP contribution in [0.15, 0.2) is 61.3 Å². The number of fused-ring (bicyclic) bond motifs is 1. The fourth-order valence-electron chi connectivity index (χ4n) is 3.93. The van der Waals surface area contributed by atoms with E-state index in [4.69, 9.17) is 0 Å². The lowest BCUT2D eigenvalue weighted by Gasteiger charge is -2.08. The van der Waals surface area contributed by atoms with Crippen LogP contribution in [0.1, 0.15) is 34.1 Å². The number of anilines is 1. The average Bonchev–Trinajstić information content (AvgIpc) is 3.57. The van der Waals surface area contributed by atoms with E-state index in [1.54, 1.807) is 23.0 Å². The van der Waals surface area contributed by atoms with Crippen molar-refractivity contribution in [2.75, 3.05) is 5.32 Å². The number of alkyl halides is 3. The van der Waals surface area contributed by atoms with Crippen LogP contribution >= 0.6 is 0 Å². The van der Waals surface area contributed by atoms with Crippen molar-refractivity contribution < 1.29 is 18.0 Å². The predicted octanol–water partition coefficient (Wildman–Crippen LogP) is 4.44. The average molecular weight is 494 g/mol. The van der Waals surface area contributed by atoms with E-state index in [2.05, 4.69) is 25.6 Å². The number of nitrogens with one attached hydrogen (secondary N) is 1. The van der Waals surface area contributed by atoms with Gasteiger partial charge in [-0.3, -0.25) is 14.2 Å². The second-order valence-corrected chi connectivity index (χ2v) is 8.19. The maximum Gasteiger partial charge on any atom is 0.416 e. The monoisotopic (exact) mass is 494 g/mol. The summed E-state index contributed by atoms with van der Waals surface area (Å²) in [6.07, 6.45) is 3.53. The Morgan fingerprint density at radius 2 is 1.92 bits per heavy atom. The van der Waals surface area contributed by atoms with Crippen LogP contribution in [0.4, 0.5) is 18.9 Å². The maximum atomic E-state index is 13.0.